The molecule has 2 aromatic carbocycles. The van der Waals surface area contributed by atoms with E-state index in [-0.39, 0.29) is 56.3 Å². The molecule has 16 nitrogen and oxygen atoms in total. The molecule has 71 heavy (non-hydrogen) atoms. The maximum atomic E-state index is 13.3. The number of benzene rings is 2. The minimum atomic E-state index is -5.02. The highest BCUT2D eigenvalue weighted by Gasteiger charge is 2.41. The number of anilines is 2. The summed E-state index contributed by atoms with van der Waals surface area (Å²) in [5.74, 6) is 0.853. The number of nitrogens with zero attached hydrogens (tertiary/aromatic N) is 9. The number of aryl methyl sites for hydroxylation is 2. The van der Waals surface area contributed by atoms with E-state index in [1.165, 1.54) is 29.0 Å². The fourth-order valence-electron chi connectivity index (χ4n) is 10.5. The van der Waals surface area contributed by atoms with Gasteiger partial charge in [0, 0.05) is 86.5 Å². The fourth-order valence-corrected chi connectivity index (χ4v) is 10.5. The van der Waals surface area contributed by atoms with Crippen molar-refractivity contribution in [2.75, 3.05) is 31.0 Å². The summed E-state index contributed by atoms with van der Waals surface area (Å²) in [5.41, 5.74) is 2.64. The van der Waals surface area contributed by atoms with Crippen LogP contribution in [0.1, 0.15) is 81.1 Å². The highest BCUT2D eigenvalue weighted by Crippen LogP contribution is 2.44. The van der Waals surface area contributed by atoms with Crippen molar-refractivity contribution in [2.24, 2.45) is 14.1 Å². The molecular weight excluding hydrogens is 916 g/mol. The molecule has 2 fully saturated rings. The minimum absolute atomic E-state index is 0.0143. The van der Waals surface area contributed by atoms with Crippen LogP contribution in [0.3, 0.4) is 0 Å². The lowest BCUT2D eigenvalue weighted by atomic mass is 9.79. The Morgan fingerprint density at radius 2 is 1.10 bits per heavy atom. The summed E-state index contributed by atoms with van der Waals surface area (Å²) in [6.45, 7) is 17.6. The van der Waals surface area contributed by atoms with E-state index in [1.807, 2.05) is 43.4 Å². The maximum Gasteiger partial charge on any atom is 0.573 e. The Labute approximate surface area is 412 Å². The van der Waals surface area contributed by atoms with Gasteiger partial charge in [-0.05, 0) is 152 Å². The fraction of sp³-hybridized carbons (Fsp3) is 0.462. The highest BCUT2D eigenvalue weighted by molar-refractivity contribution is 5.81. The van der Waals surface area contributed by atoms with Crippen molar-refractivity contribution in [2.45, 2.75) is 122 Å². The zero-order chi connectivity index (χ0) is 52.0. The largest absolute Gasteiger partial charge is 0.573 e. The van der Waals surface area contributed by atoms with Crippen LogP contribution in [0.15, 0.2) is 84.0 Å². The summed E-state index contributed by atoms with van der Waals surface area (Å²) in [6.07, 6.45) is 3.87. The molecule has 0 saturated carbocycles. The van der Waals surface area contributed by atoms with Gasteiger partial charge in [0.2, 0.25) is 0 Å². The average molecular weight is 982 g/mol. The van der Waals surface area contributed by atoms with Gasteiger partial charge in [-0.3, -0.25) is 9.48 Å². The van der Waals surface area contributed by atoms with Gasteiger partial charge in [0.1, 0.15) is 34.4 Å². The van der Waals surface area contributed by atoms with Crippen LogP contribution in [0.5, 0.6) is 23.0 Å². The van der Waals surface area contributed by atoms with E-state index in [0.717, 1.165) is 48.7 Å². The van der Waals surface area contributed by atoms with E-state index in [0.29, 0.717) is 34.4 Å². The van der Waals surface area contributed by atoms with Gasteiger partial charge >= 0.3 is 6.36 Å². The number of piperidine rings is 2. The standard InChI is InChI=1S/C27H32F3N5O3.C25H34N6O2/c1-25(2)14-18(15-26(3,4)33-25)35(6)22-8-7-19(31-32-22)24-20(36)11-17(12-21(24)38-27(28,29)30)16-9-10-34(5)23(37)13-16;1-24(2)12-18(13-25(3,4)29-24)31(6)22-9-8-19(27-28-22)23-20(32)10-16(11-21(23)33-7)17-14-26-30(5)15-17/h7-13,18,33,36H,14-15H2,1-6H3;8-11,14-15,18,29,32H,12-13H2,1-7H3. The van der Waals surface area contributed by atoms with Gasteiger partial charge < -0.3 is 44.7 Å². The number of ether oxygens (including phenoxy) is 2. The number of alkyl halides is 3. The second kappa shape index (κ2) is 19.5. The number of rotatable bonds is 10. The van der Waals surface area contributed by atoms with Crippen molar-refractivity contribution in [1.82, 2.24) is 45.4 Å². The summed E-state index contributed by atoms with van der Waals surface area (Å²) in [6, 6.07) is 16.3. The number of aromatic nitrogens is 7. The normalized spacial score (nSPS) is 17.5. The van der Waals surface area contributed by atoms with Gasteiger partial charge in [0.15, 0.2) is 11.6 Å². The SMILES string of the molecule is CN(c1ccc(-c2c(O)cc(-c3ccn(C)c(=O)c3)cc2OC(F)(F)F)nn1)C1CC(C)(C)NC(C)(C)C1.COc1cc(-c2cnn(C)c2)cc(O)c1-c1ccc(N(C)C2CC(C)(C)NC(C)(C)C2)nn1. The molecule has 6 heterocycles. The number of hydrogen-bond acceptors (Lipinski definition) is 14. The van der Waals surface area contributed by atoms with Crippen molar-refractivity contribution in [1.29, 1.82) is 0 Å². The van der Waals surface area contributed by atoms with Crippen molar-refractivity contribution in [3.05, 3.63) is 89.6 Å². The third-order valence-electron chi connectivity index (χ3n) is 13.1. The summed E-state index contributed by atoms with van der Waals surface area (Å²) in [4.78, 5) is 16.3. The number of hydrogen-bond donors (Lipinski definition) is 4. The molecule has 0 spiro atoms. The number of phenolic OH excluding ortho intramolecular Hbond substituents is 2. The first kappa shape index (κ1) is 52.1. The monoisotopic (exact) mass is 982 g/mol. The Hall–Kier alpha value is -6.73. The maximum absolute atomic E-state index is 13.3. The molecule has 0 bridgehead atoms. The Bertz CT molecular complexity index is 2880. The molecule has 0 radical (unpaired) electrons. The Kier molecular flexibility index (Phi) is 14.3. The lowest BCUT2D eigenvalue weighted by Gasteiger charge is -2.49. The van der Waals surface area contributed by atoms with Gasteiger partial charge in [0.25, 0.3) is 5.56 Å². The molecular formula is C52H66F3N11O5. The molecule has 4 aromatic heterocycles. The van der Waals surface area contributed by atoms with E-state index < -0.39 is 17.9 Å². The van der Waals surface area contributed by atoms with Crippen molar-refractivity contribution < 1.29 is 32.9 Å². The summed E-state index contributed by atoms with van der Waals surface area (Å²) < 4.78 is 52.9. The van der Waals surface area contributed by atoms with Gasteiger partial charge in [-0.25, -0.2) is 0 Å². The molecule has 0 atom stereocenters. The van der Waals surface area contributed by atoms with Gasteiger partial charge in [0.05, 0.1) is 24.4 Å². The number of methoxy groups -OCH3 is 1. The first-order valence-electron chi connectivity index (χ1n) is 23.4. The van der Waals surface area contributed by atoms with Crippen LogP contribution in [-0.2, 0) is 14.1 Å². The second-order valence-corrected chi connectivity index (χ2v) is 21.4. The first-order chi connectivity index (χ1) is 33.0. The van der Waals surface area contributed by atoms with E-state index >= 15 is 0 Å². The zero-order valence-corrected chi connectivity index (χ0v) is 42.8. The number of halogens is 3. The molecule has 0 amide bonds. The van der Waals surface area contributed by atoms with Crippen LogP contribution in [0.4, 0.5) is 24.8 Å². The van der Waals surface area contributed by atoms with Crippen LogP contribution in [0.2, 0.25) is 0 Å². The minimum Gasteiger partial charge on any atom is -0.507 e. The molecule has 380 valence electrons. The first-order valence-corrected chi connectivity index (χ1v) is 23.4. The van der Waals surface area contributed by atoms with Gasteiger partial charge in [-0.1, -0.05) is 0 Å². The van der Waals surface area contributed by atoms with Crippen LogP contribution in [0.25, 0.3) is 44.8 Å². The van der Waals surface area contributed by atoms with E-state index in [2.05, 4.69) is 108 Å². The molecule has 2 aliphatic rings. The lowest BCUT2D eigenvalue weighted by molar-refractivity contribution is -0.274. The smallest absolute Gasteiger partial charge is 0.507 e. The Balaban J connectivity index is 0.000000211. The van der Waals surface area contributed by atoms with E-state index in [4.69, 9.17) is 4.74 Å². The van der Waals surface area contributed by atoms with E-state index in [9.17, 15) is 28.2 Å². The predicted molar refractivity (Wildman–Crippen MR) is 270 cm³/mol. The lowest BCUT2D eigenvalue weighted by Crippen LogP contribution is -2.62. The number of nitrogens with one attached hydrogen (secondary N) is 2. The molecule has 2 aliphatic heterocycles. The highest BCUT2D eigenvalue weighted by atomic mass is 19.4. The number of phenols is 2. The van der Waals surface area contributed by atoms with Crippen molar-refractivity contribution in [3.63, 3.8) is 0 Å². The molecule has 0 aliphatic carbocycles. The molecule has 19 heteroatoms. The van der Waals surface area contributed by atoms with E-state index in [1.54, 1.807) is 43.2 Å². The molecule has 6 aromatic rings. The third-order valence-corrected chi connectivity index (χ3v) is 13.1. The third kappa shape index (κ3) is 12.4. The quantitative estimate of drug-likeness (QED) is 0.102. The predicted octanol–water partition coefficient (Wildman–Crippen LogP) is 8.86. The topological polar surface area (TPSA) is 181 Å². The summed E-state index contributed by atoms with van der Waals surface area (Å²) in [7, 11) is 8.99. The zero-order valence-electron chi connectivity index (χ0n) is 42.8. The number of pyridine rings is 1. The van der Waals surface area contributed by atoms with Gasteiger partial charge in [-0.15, -0.1) is 33.6 Å². The van der Waals surface area contributed by atoms with Crippen LogP contribution in [-0.4, -0.2) is 107 Å². The number of aromatic hydroxyl groups is 2. The molecule has 0 unspecified atom stereocenters. The second-order valence-electron chi connectivity index (χ2n) is 21.4. The Morgan fingerprint density at radius 3 is 1.49 bits per heavy atom. The van der Waals surface area contributed by atoms with Crippen molar-refractivity contribution >= 4 is 11.6 Å². The van der Waals surface area contributed by atoms with Gasteiger partial charge in [-0.2, -0.15) is 5.10 Å². The molecule has 2 saturated heterocycles. The molecule has 8 rings (SSSR count). The Morgan fingerprint density at radius 1 is 0.648 bits per heavy atom. The van der Waals surface area contributed by atoms with Crippen LogP contribution in [0, 0.1) is 0 Å². The summed E-state index contributed by atoms with van der Waals surface area (Å²) in [5, 5.41) is 50.6. The molecule has 4 N–H and O–H groups in total. The summed E-state index contributed by atoms with van der Waals surface area (Å²) >= 11 is 0. The van der Waals surface area contributed by atoms with Crippen LogP contribution < -0.4 is 35.5 Å². The average Bonchev–Trinajstić information content (AvgIpc) is 3.70. The van der Waals surface area contributed by atoms with Crippen molar-refractivity contribution in [3.8, 4) is 67.8 Å². The van der Waals surface area contributed by atoms with Crippen LogP contribution >= 0.6 is 0 Å².